The van der Waals surface area contributed by atoms with Gasteiger partial charge in [-0.3, -0.25) is 4.79 Å². The van der Waals surface area contributed by atoms with Gasteiger partial charge in [-0.2, -0.15) is 0 Å². The van der Waals surface area contributed by atoms with Gasteiger partial charge >= 0.3 is 0 Å². The van der Waals surface area contributed by atoms with Gasteiger partial charge in [0.15, 0.2) is 0 Å². The molecular weight excluding hydrogens is 266 g/mol. The molecule has 0 saturated heterocycles. The Labute approximate surface area is 124 Å². The number of carbonyl (C=O) groups is 1. The van der Waals surface area contributed by atoms with E-state index in [0.29, 0.717) is 18.5 Å². The number of aliphatic hydroxyl groups is 1. The maximum Gasteiger partial charge on any atom is 0.253 e. The lowest BCUT2D eigenvalue weighted by Gasteiger charge is -2.18. The summed E-state index contributed by atoms with van der Waals surface area (Å²) in [4.78, 5) is 17.9. The summed E-state index contributed by atoms with van der Waals surface area (Å²) in [6.45, 7) is 3.02. The molecule has 0 saturated carbocycles. The van der Waals surface area contributed by atoms with Gasteiger partial charge in [-0.25, -0.2) is 4.98 Å². The van der Waals surface area contributed by atoms with Crippen LogP contribution in [0.1, 0.15) is 29.3 Å². The summed E-state index contributed by atoms with van der Waals surface area (Å²) in [5, 5.41) is 9.27. The molecule has 5 nitrogen and oxygen atoms in total. The van der Waals surface area contributed by atoms with Crippen LogP contribution >= 0.6 is 0 Å². The fourth-order valence-electron chi connectivity index (χ4n) is 2.05. The summed E-state index contributed by atoms with van der Waals surface area (Å²) in [7, 11) is 1.75. The second-order valence-corrected chi connectivity index (χ2v) is 5.30. The van der Waals surface area contributed by atoms with E-state index >= 15 is 0 Å². The van der Waals surface area contributed by atoms with Crippen LogP contribution in [0.5, 0.6) is 0 Å². The highest BCUT2D eigenvalue weighted by atomic mass is 16.3. The standard InChI is InChI=1S/C16H21N3O2/c1-13(20)7-9-18(2)16(21)15-5-3-14(4-6-15)11-19-10-8-17-12-19/h3-6,8,10,12-13,20H,7,9,11H2,1-2H3. The number of carbonyl (C=O) groups excluding carboxylic acids is 1. The zero-order valence-corrected chi connectivity index (χ0v) is 12.4. The summed E-state index contributed by atoms with van der Waals surface area (Å²) in [5.74, 6) is -0.0233. The van der Waals surface area contributed by atoms with Gasteiger partial charge in [-0.15, -0.1) is 0 Å². The highest BCUT2D eigenvalue weighted by Crippen LogP contribution is 2.09. The minimum Gasteiger partial charge on any atom is -0.393 e. The monoisotopic (exact) mass is 287 g/mol. The zero-order valence-electron chi connectivity index (χ0n) is 12.4. The number of aliphatic hydroxyl groups excluding tert-OH is 1. The van der Waals surface area contributed by atoms with Crippen LogP contribution < -0.4 is 0 Å². The summed E-state index contributed by atoms with van der Waals surface area (Å²) in [5.41, 5.74) is 1.79. The summed E-state index contributed by atoms with van der Waals surface area (Å²) in [6, 6.07) is 7.59. The molecule has 0 aliphatic carbocycles. The first kappa shape index (κ1) is 15.3. The largest absolute Gasteiger partial charge is 0.393 e. The molecular formula is C16H21N3O2. The smallest absolute Gasteiger partial charge is 0.253 e. The van der Waals surface area contributed by atoms with Crippen molar-refractivity contribution < 1.29 is 9.90 Å². The van der Waals surface area contributed by atoms with Crippen molar-refractivity contribution in [1.29, 1.82) is 0 Å². The number of rotatable bonds is 6. The van der Waals surface area contributed by atoms with Crippen LogP contribution in [-0.4, -0.2) is 45.2 Å². The third kappa shape index (κ3) is 4.43. The second-order valence-electron chi connectivity index (χ2n) is 5.30. The predicted octanol–water partition coefficient (Wildman–Crippen LogP) is 1.77. The Morgan fingerprint density at radius 2 is 2.10 bits per heavy atom. The van der Waals surface area contributed by atoms with E-state index in [4.69, 9.17) is 0 Å². The molecule has 2 aromatic rings. The van der Waals surface area contributed by atoms with Crippen molar-refractivity contribution in [2.75, 3.05) is 13.6 Å². The molecule has 1 N–H and O–H groups in total. The first-order valence-electron chi connectivity index (χ1n) is 7.04. The Balaban J connectivity index is 1.96. The molecule has 0 bridgehead atoms. The number of nitrogens with zero attached hydrogens (tertiary/aromatic N) is 3. The molecule has 2 rings (SSSR count). The molecule has 0 aliphatic heterocycles. The molecule has 0 spiro atoms. The SMILES string of the molecule is CC(O)CCN(C)C(=O)c1ccc(Cn2ccnc2)cc1. The fraction of sp³-hybridized carbons (Fsp3) is 0.375. The van der Waals surface area contributed by atoms with Gasteiger partial charge in [-0.1, -0.05) is 12.1 Å². The average Bonchev–Trinajstić information content (AvgIpc) is 2.97. The third-order valence-electron chi connectivity index (χ3n) is 3.35. The Bertz CT molecular complexity index is 562. The lowest BCUT2D eigenvalue weighted by Crippen LogP contribution is -2.29. The minimum atomic E-state index is -0.391. The van der Waals surface area contributed by atoms with Gasteiger partial charge in [0.25, 0.3) is 5.91 Å². The number of hydrogen-bond donors (Lipinski definition) is 1. The first-order chi connectivity index (χ1) is 10.1. The second kappa shape index (κ2) is 7.04. The normalized spacial score (nSPS) is 12.1. The Kier molecular flexibility index (Phi) is 5.11. The van der Waals surface area contributed by atoms with Crippen molar-refractivity contribution in [2.24, 2.45) is 0 Å². The molecule has 1 aromatic carbocycles. The Morgan fingerprint density at radius 3 is 2.67 bits per heavy atom. The number of imidazole rings is 1. The first-order valence-corrected chi connectivity index (χ1v) is 7.04. The van der Waals surface area contributed by atoms with Crippen LogP contribution in [0.25, 0.3) is 0 Å². The van der Waals surface area contributed by atoms with Crippen molar-refractivity contribution >= 4 is 5.91 Å². The van der Waals surface area contributed by atoms with Crippen molar-refractivity contribution in [2.45, 2.75) is 26.0 Å². The summed E-state index contributed by atoms with van der Waals surface area (Å²) >= 11 is 0. The van der Waals surface area contributed by atoms with Crippen LogP contribution in [0.2, 0.25) is 0 Å². The topological polar surface area (TPSA) is 58.4 Å². The van der Waals surface area contributed by atoms with Gasteiger partial charge in [0, 0.05) is 38.1 Å². The third-order valence-corrected chi connectivity index (χ3v) is 3.35. The number of amides is 1. The maximum absolute atomic E-state index is 12.2. The maximum atomic E-state index is 12.2. The van der Waals surface area contributed by atoms with E-state index in [2.05, 4.69) is 4.98 Å². The number of hydrogen-bond acceptors (Lipinski definition) is 3. The van der Waals surface area contributed by atoms with E-state index < -0.39 is 6.10 Å². The zero-order chi connectivity index (χ0) is 15.2. The molecule has 1 unspecified atom stereocenters. The summed E-state index contributed by atoms with van der Waals surface area (Å²) < 4.78 is 1.98. The van der Waals surface area contributed by atoms with E-state index in [-0.39, 0.29) is 5.91 Å². The van der Waals surface area contributed by atoms with Gasteiger partial charge in [0.1, 0.15) is 0 Å². The average molecular weight is 287 g/mol. The van der Waals surface area contributed by atoms with E-state index in [1.165, 1.54) is 0 Å². The molecule has 21 heavy (non-hydrogen) atoms. The van der Waals surface area contributed by atoms with Crippen LogP contribution in [0.3, 0.4) is 0 Å². The van der Waals surface area contributed by atoms with Gasteiger partial charge in [0.05, 0.1) is 12.4 Å². The lowest BCUT2D eigenvalue weighted by atomic mass is 10.1. The van der Waals surface area contributed by atoms with Gasteiger partial charge < -0.3 is 14.6 Å². The fourth-order valence-corrected chi connectivity index (χ4v) is 2.05. The Hall–Kier alpha value is -2.14. The molecule has 0 radical (unpaired) electrons. The molecule has 112 valence electrons. The molecule has 0 aliphatic rings. The molecule has 1 aromatic heterocycles. The van der Waals surface area contributed by atoms with Crippen LogP contribution in [0, 0.1) is 0 Å². The van der Waals surface area contributed by atoms with Crippen molar-refractivity contribution in [1.82, 2.24) is 14.5 Å². The molecule has 1 atom stereocenters. The van der Waals surface area contributed by atoms with Crippen molar-refractivity contribution in [3.05, 3.63) is 54.1 Å². The number of benzene rings is 1. The van der Waals surface area contributed by atoms with E-state index in [0.717, 1.165) is 12.1 Å². The summed E-state index contributed by atoms with van der Waals surface area (Å²) in [6.07, 6.45) is 5.61. The van der Waals surface area contributed by atoms with Crippen LogP contribution in [-0.2, 0) is 6.54 Å². The Morgan fingerprint density at radius 1 is 1.38 bits per heavy atom. The molecule has 1 heterocycles. The lowest BCUT2D eigenvalue weighted by molar-refractivity contribution is 0.0769. The van der Waals surface area contributed by atoms with Crippen molar-refractivity contribution in [3.8, 4) is 0 Å². The van der Waals surface area contributed by atoms with Crippen LogP contribution in [0.4, 0.5) is 0 Å². The van der Waals surface area contributed by atoms with E-state index in [1.807, 2.05) is 35.0 Å². The van der Waals surface area contributed by atoms with E-state index in [9.17, 15) is 9.90 Å². The molecule has 0 fully saturated rings. The van der Waals surface area contributed by atoms with Crippen LogP contribution in [0.15, 0.2) is 43.0 Å². The molecule has 5 heteroatoms. The van der Waals surface area contributed by atoms with Crippen molar-refractivity contribution in [3.63, 3.8) is 0 Å². The van der Waals surface area contributed by atoms with Gasteiger partial charge in [-0.05, 0) is 31.0 Å². The highest BCUT2D eigenvalue weighted by molar-refractivity contribution is 5.94. The van der Waals surface area contributed by atoms with Gasteiger partial charge in [0.2, 0.25) is 0 Å². The predicted molar refractivity (Wildman–Crippen MR) is 81.0 cm³/mol. The van der Waals surface area contributed by atoms with E-state index in [1.54, 1.807) is 31.4 Å². The quantitative estimate of drug-likeness (QED) is 0.881. The minimum absolute atomic E-state index is 0.0233. The highest BCUT2D eigenvalue weighted by Gasteiger charge is 2.12. The number of aromatic nitrogens is 2. The molecule has 1 amide bonds.